The first-order valence-electron chi connectivity index (χ1n) is 3.00. The second-order valence-electron chi connectivity index (χ2n) is 2.10. The molecule has 0 aliphatic carbocycles. The van der Waals surface area contributed by atoms with Crippen LogP contribution in [-0.4, -0.2) is 18.5 Å². The highest BCUT2D eigenvalue weighted by atomic mass is 79.9. The number of nitrogens with two attached hydrogens (primary N) is 1. The number of halogens is 2. The molecule has 12 heavy (non-hydrogen) atoms. The maximum atomic E-state index is 5.79. The van der Waals surface area contributed by atoms with E-state index in [-0.39, 0.29) is 11.1 Å². The summed E-state index contributed by atoms with van der Waals surface area (Å²) < 4.78 is 1.56. The molecule has 0 aromatic carbocycles. The molecule has 7 heteroatoms. The smallest absolute Gasteiger partial charge is 0.223 e. The molecule has 0 bridgehead atoms. The molecular formula is C5H3BrClN5. The highest BCUT2D eigenvalue weighted by Crippen LogP contribution is 2.21. The highest BCUT2D eigenvalue weighted by Gasteiger charge is 2.08. The van der Waals surface area contributed by atoms with Gasteiger partial charge in [0.05, 0.1) is 16.1 Å². The van der Waals surface area contributed by atoms with Gasteiger partial charge in [-0.05, 0) is 0 Å². The molecule has 2 aromatic heterocycles. The van der Waals surface area contributed by atoms with Crippen molar-refractivity contribution in [2.75, 3.05) is 5.73 Å². The first-order valence-corrected chi connectivity index (χ1v) is 4.09. The summed E-state index contributed by atoms with van der Waals surface area (Å²) in [5.74, 6) is 0.124. The summed E-state index contributed by atoms with van der Waals surface area (Å²) in [5, 5.41) is 0.284. The van der Waals surface area contributed by atoms with E-state index in [1.165, 1.54) is 6.33 Å². The SMILES string of the molecule is Nc1nc(Cl)c2c(ncn2Br)n1. The maximum absolute atomic E-state index is 5.79. The standard InChI is InChI=1S/C5H3BrClN5/c6-12-1-9-4-2(12)3(7)10-5(8)11-4/h1H,(H2,8,10,11). The van der Waals surface area contributed by atoms with E-state index < -0.39 is 0 Å². The molecule has 0 aliphatic rings. The Morgan fingerprint density at radius 3 is 3.00 bits per heavy atom. The normalized spacial score (nSPS) is 10.8. The van der Waals surface area contributed by atoms with Gasteiger partial charge in [0.15, 0.2) is 10.8 Å². The van der Waals surface area contributed by atoms with Crippen LogP contribution in [0.4, 0.5) is 5.95 Å². The van der Waals surface area contributed by atoms with Crippen LogP contribution in [0.2, 0.25) is 5.15 Å². The fourth-order valence-corrected chi connectivity index (χ4v) is 1.65. The Balaban J connectivity index is 2.93. The molecule has 0 unspecified atom stereocenters. The van der Waals surface area contributed by atoms with Crippen molar-refractivity contribution in [3.8, 4) is 0 Å². The van der Waals surface area contributed by atoms with Crippen LogP contribution in [0.15, 0.2) is 6.33 Å². The minimum Gasteiger partial charge on any atom is -0.368 e. The van der Waals surface area contributed by atoms with E-state index in [0.29, 0.717) is 11.2 Å². The third-order valence-corrected chi connectivity index (χ3v) is 2.14. The van der Waals surface area contributed by atoms with Crippen LogP contribution in [0.5, 0.6) is 0 Å². The van der Waals surface area contributed by atoms with Crippen molar-refractivity contribution in [3.63, 3.8) is 0 Å². The van der Waals surface area contributed by atoms with Crippen LogP contribution in [0.3, 0.4) is 0 Å². The number of fused-ring (bicyclic) bond motifs is 1. The number of rotatable bonds is 0. The van der Waals surface area contributed by atoms with E-state index in [4.69, 9.17) is 17.3 Å². The predicted molar refractivity (Wildman–Crippen MR) is 49.1 cm³/mol. The Labute approximate surface area is 80.9 Å². The van der Waals surface area contributed by atoms with Gasteiger partial charge in [0.25, 0.3) is 0 Å². The molecule has 62 valence electrons. The van der Waals surface area contributed by atoms with Gasteiger partial charge < -0.3 is 5.73 Å². The van der Waals surface area contributed by atoms with Gasteiger partial charge in [0, 0.05) is 0 Å². The van der Waals surface area contributed by atoms with Crippen LogP contribution in [0.25, 0.3) is 11.2 Å². The summed E-state index contributed by atoms with van der Waals surface area (Å²) in [6, 6.07) is 0. The number of hydrogen-bond acceptors (Lipinski definition) is 4. The Morgan fingerprint density at radius 1 is 1.50 bits per heavy atom. The van der Waals surface area contributed by atoms with E-state index in [9.17, 15) is 0 Å². The zero-order valence-corrected chi connectivity index (χ0v) is 8.04. The van der Waals surface area contributed by atoms with E-state index in [0.717, 1.165) is 0 Å². The summed E-state index contributed by atoms with van der Waals surface area (Å²) in [4.78, 5) is 11.6. The molecule has 2 aromatic rings. The van der Waals surface area contributed by atoms with Crippen molar-refractivity contribution >= 4 is 44.9 Å². The molecule has 2 rings (SSSR count). The van der Waals surface area contributed by atoms with Crippen molar-refractivity contribution < 1.29 is 0 Å². The largest absolute Gasteiger partial charge is 0.368 e. The lowest BCUT2D eigenvalue weighted by Gasteiger charge is -1.95. The van der Waals surface area contributed by atoms with Gasteiger partial charge in [-0.3, -0.25) is 3.59 Å². The summed E-state index contributed by atoms with van der Waals surface area (Å²) >= 11 is 8.98. The molecule has 0 saturated heterocycles. The number of aromatic nitrogens is 4. The van der Waals surface area contributed by atoms with E-state index >= 15 is 0 Å². The minimum atomic E-state index is 0.124. The van der Waals surface area contributed by atoms with Gasteiger partial charge >= 0.3 is 0 Å². The molecular weight excluding hydrogens is 245 g/mol. The van der Waals surface area contributed by atoms with Crippen LogP contribution < -0.4 is 5.73 Å². The Hall–Kier alpha value is -0.880. The van der Waals surface area contributed by atoms with Crippen LogP contribution in [0.1, 0.15) is 0 Å². The first kappa shape index (κ1) is 7.75. The first-order chi connectivity index (χ1) is 5.68. The van der Waals surface area contributed by atoms with Crippen LogP contribution >= 0.6 is 27.7 Å². The predicted octanol–water partition coefficient (Wildman–Crippen LogP) is 1.22. The molecule has 0 radical (unpaired) electrons. The van der Waals surface area contributed by atoms with Crippen molar-refractivity contribution in [1.82, 2.24) is 18.5 Å². The third kappa shape index (κ3) is 1.03. The molecule has 0 spiro atoms. The second kappa shape index (κ2) is 2.56. The van der Waals surface area contributed by atoms with Crippen molar-refractivity contribution in [1.29, 1.82) is 0 Å². The van der Waals surface area contributed by atoms with Crippen molar-refractivity contribution in [2.24, 2.45) is 0 Å². The Morgan fingerprint density at radius 2 is 2.25 bits per heavy atom. The van der Waals surface area contributed by atoms with E-state index in [2.05, 4.69) is 31.1 Å². The molecule has 5 nitrogen and oxygen atoms in total. The minimum absolute atomic E-state index is 0.124. The zero-order chi connectivity index (χ0) is 8.72. The van der Waals surface area contributed by atoms with Gasteiger partial charge in [-0.2, -0.15) is 9.97 Å². The summed E-state index contributed by atoms with van der Waals surface area (Å²) in [5.41, 5.74) is 6.46. The lowest BCUT2D eigenvalue weighted by atomic mass is 10.6. The van der Waals surface area contributed by atoms with Crippen molar-refractivity contribution in [2.45, 2.75) is 0 Å². The zero-order valence-electron chi connectivity index (χ0n) is 5.70. The number of imidazole rings is 1. The third-order valence-electron chi connectivity index (χ3n) is 1.34. The second-order valence-corrected chi connectivity index (χ2v) is 3.22. The summed E-state index contributed by atoms with van der Waals surface area (Å²) in [6.45, 7) is 0. The average molecular weight is 248 g/mol. The number of anilines is 1. The fourth-order valence-electron chi connectivity index (χ4n) is 0.869. The van der Waals surface area contributed by atoms with Gasteiger partial charge in [-0.15, -0.1) is 0 Å². The highest BCUT2D eigenvalue weighted by molar-refractivity contribution is 9.08. The molecule has 0 atom stereocenters. The van der Waals surface area contributed by atoms with Crippen LogP contribution in [0, 0.1) is 0 Å². The number of nitrogens with zero attached hydrogens (tertiary/aromatic N) is 4. The topological polar surface area (TPSA) is 69.6 Å². The molecule has 0 amide bonds. The maximum Gasteiger partial charge on any atom is 0.223 e. The van der Waals surface area contributed by atoms with Crippen LogP contribution in [-0.2, 0) is 0 Å². The molecule has 2 N–H and O–H groups in total. The summed E-state index contributed by atoms with van der Waals surface area (Å²) in [6.07, 6.45) is 1.53. The Kier molecular flexibility index (Phi) is 1.66. The van der Waals surface area contributed by atoms with Crippen molar-refractivity contribution in [3.05, 3.63) is 11.5 Å². The monoisotopic (exact) mass is 247 g/mol. The number of nitrogen functional groups attached to an aromatic ring is 1. The summed E-state index contributed by atoms with van der Waals surface area (Å²) in [7, 11) is 0. The lowest BCUT2D eigenvalue weighted by Crippen LogP contribution is -1.95. The average Bonchev–Trinajstić information content (AvgIpc) is 2.31. The van der Waals surface area contributed by atoms with Gasteiger partial charge in [-0.25, -0.2) is 4.98 Å². The lowest BCUT2D eigenvalue weighted by molar-refractivity contribution is 1.22. The molecule has 0 saturated carbocycles. The van der Waals surface area contributed by atoms with Gasteiger partial charge in [0.2, 0.25) is 5.95 Å². The van der Waals surface area contributed by atoms with E-state index in [1.807, 2.05) is 0 Å². The van der Waals surface area contributed by atoms with E-state index in [1.54, 1.807) is 3.59 Å². The quantitative estimate of drug-likeness (QED) is 0.712. The molecule has 2 heterocycles. The van der Waals surface area contributed by atoms with Gasteiger partial charge in [-0.1, -0.05) is 11.6 Å². The fraction of sp³-hybridized carbons (Fsp3) is 0. The number of hydrogen-bond donors (Lipinski definition) is 1. The molecule has 0 aliphatic heterocycles. The van der Waals surface area contributed by atoms with Gasteiger partial charge in [0.1, 0.15) is 11.8 Å². The molecule has 0 fully saturated rings. The Bertz CT molecular complexity index is 439.